The SMILES string of the molecule is Cc1ccc2c(C(CN)C(C)C)c[nH]c2c1. The summed E-state index contributed by atoms with van der Waals surface area (Å²) in [5, 5.41) is 1.31. The quantitative estimate of drug-likeness (QED) is 0.813. The lowest BCUT2D eigenvalue weighted by molar-refractivity contribution is 0.509. The molecule has 0 aliphatic carbocycles. The van der Waals surface area contributed by atoms with Crippen molar-refractivity contribution in [2.75, 3.05) is 6.54 Å². The van der Waals surface area contributed by atoms with Crippen LogP contribution < -0.4 is 5.73 Å². The molecule has 1 atom stereocenters. The first-order chi connectivity index (χ1) is 7.63. The number of benzene rings is 1. The minimum Gasteiger partial charge on any atom is -0.361 e. The molecule has 16 heavy (non-hydrogen) atoms. The van der Waals surface area contributed by atoms with Crippen LogP contribution in [0.2, 0.25) is 0 Å². The fourth-order valence-electron chi connectivity index (χ4n) is 2.33. The zero-order valence-corrected chi connectivity index (χ0v) is 10.2. The van der Waals surface area contributed by atoms with Crippen LogP contribution in [-0.4, -0.2) is 11.5 Å². The Morgan fingerprint density at radius 1 is 1.31 bits per heavy atom. The van der Waals surface area contributed by atoms with Crippen LogP contribution in [0.15, 0.2) is 24.4 Å². The van der Waals surface area contributed by atoms with Gasteiger partial charge in [0.15, 0.2) is 0 Å². The van der Waals surface area contributed by atoms with Crippen LogP contribution in [-0.2, 0) is 0 Å². The first-order valence-corrected chi connectivity index (χ1v) is 5.91. The predicted octanol–water partition coefficient (Wildman–Crippen LogP) is 3.17. The molecule has 0 aliphatic rings. The van der Waals surface area contributed by atoms with Crippen molar-refractivity contribution in [2.45, 2.75) is 26.7 Å². The molecule has 0 fully saturated rings. The Morgan fingerprint density at radius 3 is 2.69 bits per heavy atom. The van der Waals surface area contributed by atoms with Crippen molar-refractivity contribution in [3.8, 4) is 0 Å². The highest BCUT2D eigenvalue weighted by atomic mass is 14.7. The lowest BCUT2D eigenvalue weighted by Crippen LogP contribution is -2.17. The van der Waals surface area contributed by atoms with Gasteiger partial charge in [-0.15, -0.1) is 0 Å². The van der Waals surface area contributed by atoms with Gasteiger partial charge >= 0.3 is 0 Å². The standard InChI is InChI=1S/C14H20N2/c1-9(2)12(7-15)13-8-16-14-6-10(3)4-5-11(13)14/h4-6,8-9,12,16H,7,15H2,1-3H3. The van der Waals surface area contributed by atoms with E-state index in [1.807, 2.05) is 0 Å². The molecule has 86 valence electrons. The summed E-state index contributed by atoms with van der Waals surface area (Å²) in [4.78, 5) is 3.34. The molecule has 1 heterocycles. The fourth-order valence-corrected chi connectivity index (χ4v) is 2.33. The smallest absolute Gasteiger partial charge is 0.0459 e. The Kier molecular flexibility index (Phi) is 3.01. The highest BCUT2D eigenvalue weighted by molar-refractivity contribution is 5.84. The summed E-state index contributed by atoms with van der Waals surface area (Å²) in [5.41, 5.74) is 9.73. The van der Waals surface area contributed by atoms with Gasteiger partial charge in [-0.2, -0.15) is 0 Å². The van der Waals surface area contributed by atoms with Crippen molar-refractivity contribution in [3.63, 3.8) is 0 Å². The van der Waals surface area contributed by atoms with Gasteiger partial charge in [0.2, 0.25) is 0 Å². The molecule has 3 N–H and O–H groups in total. The van der Waals surface area contributed by atoms with Crippen LogP contribution in [0.3, 0.4) is 0 Å². The molecule has 0 saturated carbocycles. The van der Waals surface area contributed by atoms with Crippen LogP contribution in [0.1, 0.15) is 30.9 Å². The van der Waals surface area contributed by atoms with E-state index in [1.165, 1.54) is 22.0 Å². The number of hydrogen-bond acceptors (Lipinski definition) is 1. The first kappa shape index (κ1) is 11.2. The largest absolute Gasteiger partial charge is 0.361 e. The molecule has 1 aromatic heterocycles. The van der Waals surface area contributed by atoms with E-state index in [4.69, 9.17) is 5.73 Å². The van der Waals surface area contributed by atoms with Gasteiger partial charge in [-0.1, -0.05) is 26.0 Å². The van der Waals surface area contributed by atoms with Crippen molar-refractivity contribution in [2.24, 2.45) is 11.7 Å². The summed E-state index contributed by atoms with van der Waals surface area (Å²) in [6.07, 6.45) is 2.11. The van der Waals surface area contributed by atoms with E-state index in [9.17, 15) is 0 Å². The zero-order valence-electron chi connectivity index (χ0n) is 10.2. The molecule has 2 nitrogen and oxygen atoms in total. The Balaban J connectivity index is 2.52. The van der Waals surface area contributed by atoms with Crippen molar-refractivity contribution < 1.29 is 0 Å². The Morgan fingerprint density at radius 2 is 2.06 bits per heavy atom. The topological polar surface area (TPSA) is 41.8 Å². The van der Waals surface area contributed by atoms with Gasteiger partial charge < -0.3 is 10.7 Å². The van der Waals surface area contributed by atoms with Crippen molar-refractivity contribution in [1.82, 2.24) is 4.98 Å². The average molecular weight is 216 g/mol. The van der Waals surface area contributed by atoms with E-state index >= 15 is 0 Å². The molecule has 0 spiro atoms. The molecule has 0 amide bonds. The van der Waals surface area contributed by atoms with Crippen LogP contribution >= 0.6 is 0 Å². The normalized spacial score (nSPS) is 13.6. The second-order valence-corrected chi connectivity index (χ2v) is 4.88. The van der Waals surface area contributed by atoms with E-state index in [0.717, 1.165) is 0 Å². The van der Waals surface area contributed by atoms with Gasteiger partial charge in [0.25, 0.3) is 0 Å². The van der Waals surface area contributed by atoms with Crippen molar-refractivity contribution >= 4 is 10.9 Å². The molecular weight excluding hydrogens is 196 g/mol. The lowest BCUT2D eigenvalue weighted by atomic mass is 9.88. The van der Waals surface area contributed by atoms with Gasteiger partial charge in [-0.3, -0.25) is 0 Å². The molecule has 2 rings (SSSR count). The number of nitrogens with two attached hydrogens (primary N) is 1. The summed E-state index contributed by atoms with van der Waals surface area (Å²) in [6.45, 7) is 7.27. The number of hydrogen-bond donors (Lipinski definition) is 2. The first-order valence-electron chi connectivity index (χ1n) is 5.91. The second-order valence-electron chi connectivity index (χ2n) is 4.88. The molecule has 0 bridgehead atoms. The third-order valence-electron chi connectivity index (χ3n) is 3.33. The van der Waals surface area contributed by atoms with E-state index in [1.54, 1.807) is 0 Å². The number of H-pyrrole nitrogens is 1. The molecule has 2 heteroatoms. The summed E-state index contributed by atoms with van der Waals surface area (Å²) >= 11 is 0. The third-order valence-corrected chi connectivity index (χ3v) is 3.33. The van der Waals surface area contributed by atoms with E-state index in [2.05, 4.69) is 50.2 Å². The molecule has 1 aromatic carbocycles. The van der Waals surface area contributed by atoms with Crippen LogP contribution in [0, 0.1) is 12.8 Å². The van der Waals surface area contributed by atoms with Gasteiger partial charge in [0, 0.05) is 23.0 Å². The van der Waals surface area contributed by atoms with Crippen LogP contribution in [0.4, 0.5) is 0 Å². The number of rotatable bonds is 3. The van der Waals surface area contributed by atoms with Crippen molar-refractivity contribution in [3.05, 3.63) is 35.5 Å². The fraction of sp³-hybridized carbons (Fsp3) is 0.429. The highest BCUT2D eigenvalue weighted by Gasteiger charge is 2.17. The number of nitrogens with one attached hydrogen (secondary N) is 1. The molecule has 0 aliphatic heterocycles. The summed E-state index contributed by atoms with van der Waals surface area (Å²) in [7, 11) is 0. The number of aromatic amines is 1. The zero-order chi connectivity index (χ0) is 11.7. The van der Waals surface area contributed by atoms with Gasteiger partial charge in [-0.05, 0) is 36.6 Å². The summed E-state index contributed by atoms with van der Waals surface area (Å²) < 4.78 is 0. The van der Waals surface area contributed by atoms with E-state index < -0.39 is 0 Å². The maximum atomic E-state index is 5.87. The van der Waals surface area contributed by atoms with Crippen molar-refractivity contribution in [1.29, 1.82) is 0 Å². The van der Waals surface area contributed by atoms with Gasteiger partial charge in [0.1, 0.15) is 0 Å². The predicted molar refractivity (Wildman–Crippen MR) is 69.7 cm³/mol. The molecule has 0 radical (unpaired) electrons. The third kappa shape index (κ3) is 1.85. The van der Waals surface area contributed by atoms with Gasteiger partial charge in [-0.25, -0.2) is 0 Å². The Hall–Kier alpha value is -1.28. The number of aryl methyl sites for hydroxylation is 1. The minimum atomic E-state index is 0.441. The maximum Gasteiger partial charge on any atom is 0.0459 e. The minimum absolute atomic E-state index is 0.441. The molecule has 2 aromatic rings. The Labute approximate surface area is 96.9 Å². The average Bonchev–Trinajstić information content (AvgIpc) is 2.62. The monoisotopic (exact) mass is 216 g/mol. The summed E-state index contributed by atoms with van der Waals surface area (Å²) in [5.74, 6) is 1.02. The second kappa shape index (κ2) is 4.30. The van der Waals surface area contributed by atoms with E-state index in [-0.39, 0.29) is 0 Å². The molecular formula is C14H20N2. The Bertz CT molecular complexity index is 482. The van der Waals surface area contributed by atoms with Gasteiger partial charge in [0.05, 0.1) is 0 Å². The van der Waals surface area contributed by atoms with E-state index in [0.29, 0.717) is 18.4 Å². The molecule has 1 unspecified atom stereocenters. The number of fused-ring (bicyclic) bond motifs is 1. The van der Waals surface area contributed by atoms with Crippen LogP contribution in [0.5, 0.6) is 0 Å². The number of aromatic nitrogens is 1. The lowest BCUT2D eigenvalue weighted by Gasteiger charge is -2.18. The highest BCUT2D eigenvalue weighted by Crippen LogP contribution is 2.30. The molecule has 0 saturated heterocycles. The summed E-state index contributed by atoms with van der Waals surface area (Å²) in [6, 6.07) is 6.54. The van der Waals surface area contributed by atoms with Crippen LogP contribution in [0.25, 0.3) is 10.9 Å². The maximum absolute atomic E-state index is 5.87.